The highest BCUT2D eigenvalue weighted by atomic mass is 19.1. The molecule has 0 aromatic heterocycles. The number of rotatable bonds is 2. The molecule has 0 spiro atoms. The number of hydrogen-bond donors (Lipinski definition) is 1. The van der Waals surface area contributed by atoms with E-state index in [9.17, 15) is 4.39 Å². The first-order valence-corrected chi connectivity index (χ1v) is 6.87. The van der Waals surface area contributed by atoms with Crippen LogP contribution in [-0.2, 0) is 6.54 Å². The predicted molar refractivity (Wildman–Crippen MR) is 70.7 cm³/mol. The van der Waals surface area contributed by atoms with Crippen molar-refractivity contribution >= 4 is 0 Å². The normalized spacial score (nSPS) is 30.3. The van der Waals surface area contributed by atoms with Crippen molar-refractivity contribution in [1.29, 1.82) is 5.26 Å². The summed E-state index contributed by atoms with van der Waals surface area (Å²) in [6.07, 6.45) is 4.54. The van der Waals surface area contributed by atoms with Crippen molar-refractivity contribution in [1.82, 2.24) is 4.90 Å². The van der Waals surface area contributed by atoms with E-state index >= 15 is 0 Å². The summed E-state index contributed by atoms with van der Waals surface area (Å²) in [6, 6.07) is 8.20. The molecule has 1 aromatic carbocycles. The number of nitrogens with two attached hydrogens (primary N) is 1. The van der Waals surface area contributed by atoms with Gasteiger partial charge in [0.1, 0.15) is 11.9 Å². The van der Waals surface area contributed by atoms with Crippen molar-refractivity contribution in [3.63, 3.8) is 0 Å². The van der Waals surface area contributed by atoms with Crippen LogP contribution >= 0.6 is 0 Å². The lowest BCUT2D eigenvalue weighted by Gasteiger charge is -2.37. The van der Waals surface area contributed by atoms with Crippen LogP contribution in [0.1, 0.15) is 36.8 Å². The molecule has 0 saturated carbocycles. The van der Waals surface area contributed by atoms with Crippen molar-refractivity contribution in [2.24, 2.45) is 5.73 Å². The van der Waals surface area contributed by atoms with Gasteiger partial charge in [0.25, 0.3) is 0 Å². The van der Waals surface area contributed by atoms with Gasteiger partial charge in [-0.05, 0) is 43.4 Å². The Balaban J connectivity index is 1.77. The topological polar surface area (TPSA) is 53.0 Å². The van der Waals surface area contributed by atoms with Crippen LogP contribution in [0.5, 0.6) is 0 Å². The maximum absolute atomic E-state index is 13.3. The number of fused-ring (bicyclic) bond motifs is 2. The van der Waals surface area contributed by atoms with E-state index < -0.39 is 5.82 Å². The van der Waals surface area contributed by atoms with Crippen LogP contribution in [0.3, 0.4) is 0 Å². The molecule has 3 nitrogen and oxygen atoms in total. The Labute approximate surface area is 112 Å². The lowest BCUT2D eigenvalue weighted by Crippen LogP contribution is -2.46. The molecule has 0 aliphatic carbocycles. The molecule has 0 amide bonds. The van der Waals surface area contributed by atoms with Gasteiger partial charge in [-0.25, -0.2) is 4.39 Å². The molecular weight excluding hydrogens is 241 g/mol. The van der Waals surface area contributed by atoms with Crippen molar-refractivity contribution in [2.45, 2.75) is 50.4 Å². The van der Waals surface area contributed by atoms with Gasteiger partial charge in [-0.3, -0.25) is 4.90 Å². The first-order valence-electron chi connectivity index (χ1n) is 6.87. The minimum Gasteiger partial charge on any atom is -0.328 e. The summed E-state index contributed by atoms with van der Waals surface area (Å²) >= 11 is 0. The fourth-order valence-corrected chi connectivity index (χ4v) is 3.54. The van der Waals surface area contributed by atoms with E-state index in [1.165, 1.54) is 18.9 Å². The molecular formula is C15H18FN3. The summed E-state index contributed by atoms with van der Waals surface area (Å²) in [5.74, 6) is -0.435. The zero-order chi connectivity index (χ0) is 13.4. The smallest absolute Gasteiger partial charge is 0.140 e. The largest absolute Gasteiger partial charge is 0.328 e. The molecule has 2 unspecified atom stereocenters. The standard InChI is InChI=1S/C15H18FN3/c16-15-4-1-10(5-11(15)8-17)9-19-13-2-3-14(19)7-12(18)6-13/h1,4-5,12-14H,2-3,6-7,9,18H2. The molecule has 2 bridgehead atoms. The van der Waals surface area contributed by atoms with Crippen LogP contribution in [0.15, 0.2) is 18.2 Å². The van der Waals surface area contributed by atoms with Gasteiger partial charge in [-0.15, -0.1) is 0 Å². The van der Waals surface area contributed by atoms with E-state index in [0.717, 1.165) is 24.9 Å². The molecule has 0 radical (unpaired) electrons. The van der Waals surface area contributed by atoms with Crippen LogP contribution in [-0.4, -0.2) is 23.0 Å². The van der Waals surface area contributed by atoms with Crippen molar-refractivity contribution in [3.05, 3.63) is 35.1 Å². The molecule has 2 aliphatic rings. The van der Waals surface area contributed by atoms with Gasteiger partial charge in [0, 0.05) is 24.7 Å². The van der Waals surface area contributed by atoms with E-state index in [1.54, 1.807) is 12.1 Å². The Hall–Kier alpha value is -1.44. The minimum absolute atomic E-state index is 0.138. The summed E-state index contributed by atoms with van der Waals surface area (Å²) in [4.78, 5) is 2.48. The molecule has 1 aromatic rings. The number of hydrogen-bond acceptors (Lipinski definition) is 3. The number of nitriles is 1. The third-order valence-corrected chi connectivity index (χ3v) is 4.44. The van der Waals surface area contributed by atoms with Crippen LogP contribution in [0, 0.1) is 17.1 Å². The summed E-state index contributed by atoms with van der Waals surface area (Å²) in [5.41, 5.74) is 7.21. The molecule has 2 heterocycles. The Morgan fingerprint density at radius 1 is 1.32 bits per heavy atom. The van der Waals surface area contributed by atoms with Crippen LogP contribution in [0.25, 0.3) is 0 Å². The fourth-order valence-electron chi connectivity index (χ4n) is 3.54. The second kappa shape index (κ2) is 4.92. The SMILES string of the molecule is N#Cc1cc(CN2C3CCC2CC(N)C3)ccc1F. The Morgan fingerprint density at radius 3 is 2.63 bits per heavy atom. The lowest BCUT2D eigenvalue weighted by molar-refractivity contribution is 0.120. The van der Waals surface area contributed by atoms with E-state index in [-0.39, 0.29) is 5.56 Å². The maximum Gasteiger partial charge on any atom is 0.140 e. The monoisotopic (exact) mass is 259 g/mol. The fraction of sp³-hybridized carbons (Fsp3) is 0.533. The van der Waals surface area contributed by atoms with Gasteiger partial charge in [-0.1, -0.05) is 6.07 Å². The van der Waals surface area contributed by atoms with Gasteiger partial charge in [0.05, 0.1) is 5.56 Å². The summed E-state index contributed by atoms with van der Waals surface area (Å²) in [6.45, 7) is 0.803. The maximum atomic E-state index is 13.3. The van der Waals surface area contributed by atoms with Crippen LogP contribution in [0.2, 0.25) is 0 Å². The Kier molecular flexibility index (Phi) is 3.26. The van der Waals surface area contributed by atoms with Crippen LogP contribution in [0.4, 0.5) is 4.39 Å². The van der Waals surface area contributed by atoms with E-state index in [0.29, 0.717) is 18.1 Å². The quantitative estimate of drug-likeness (QED) is 0.885. The summed E-state index contributed by atoms with van der Waals surface area (Å²) in [5, 5.41) is 8.88. The Bertz CT molecular complexity index is 509. The predicted octanol–water partition coefficient (Wildman–Crippen LogP) is 2.15. The first kappa shape index (κ1) is 12.6. The third kappa shape index (κ3) is 2.36. The highest BCUT2D eigenvalue weighted by Crippen LogP contribution is 2.36. The number of benzene rings is 1. The molecule has 3 rings (SSSR count). The number of nitrogens with zero attached hydrogens (tertiary/aromatic N) is 2. The highest BCUT2D eigenvalue weighted by Gasteiger charge is 2.39. The van der Waals surface area contributed by atoms with Crippen LogP contribution < -0.4 is 5.73 Å². The van der Waals surface area contributed by atoms with Crippen molar-refractivity contribution < 1.29 is 4.39 Å². The van der Waals surface area contributed by atoms with Crippen molar-refractivity contribution in [2.75, 3.05) is 0 Å². The number of piperidine rings is 1. The molecule has 2 atom stereocenters. The number of halogens is 1. The van der Waals surface area contributed by atoms with E-state index in [1.807, 2.05) is 6.07 Å². The lowest BCUT2D eigenvalue weighted by atomic mass is 9.97. The van der Waals surface area contributed by atoms with Crippen molar-refractivity contribution in [3.8, 4) is 6.07 Å². The highest BCUT2D eigenvalue weighted by molar-refractivity contribution is 5.34. The Morgan fingerprint density at radius 2 is 2.00 bits per heavy atom. The molecule has 2 fully saturated rings. The first-order chi connectivity index (χ1) is 9.17. The molecule has 100 valence electrons. The summed E-state index contributed by atoms with van der Waals surface area (Å²) in [7, 11) is 0. The molecule has 2 saturated heterocycles. The molecule has 19 heavy (non-hydrogen) atoms. The average molecular weight is 259 g/mol. The molecule has 2 N–H and O–H groups in total. The zero-order valence-electron chi connectivity index (χ0n) is 10.8. The van der Waals surface area contributed by atoms with Gasteiger partial charge >= 0.3 is 0 Å². The van der Waals surface area contributed by atoms with Gasteiger partial charge in [0.15, 0.2) is 0 Å². The third-order valence-electron chi connectivity index (χ3n) is 4.44. The van der Waals surface area contributed by atoms with Gasteiger partial charge in [0.2, 0.25) is 0 Å². The van der Waals surface area contributed by atoms with Gasteiger partial charge < -0.3 is 5.73 Å². The summed E-state index contributed by atoms with van der Waals surface area (Å²) < 4.78 is 13.3. The second-order valence-corrected chi connectivity index (χ2v) is 5.71. The van der Waals surface area contributed by atoms with E-state index in [4.69, 9.17) is 11.0 Å². The second-order valence-electron chi connectivity index (χ2n) is 5.71. The molecule has 4 heteroatoms. The minimum atomic E-state index is -0.435. The van der Waals surface area contributed by atoms with E-state index in [2.05, 4.69) is 4.90 Å². The molecule has 2 aliphatic heterocycles. The average Bonchev–Trinajstić information content (AvgIpc) is 2.63. The van der Waals surface area contributed by atoms with Gasteiger partial charge in [-0.2, -0.15) is 5.26 Å². The zero-order valence-corrected chi connectivity index (χ0v) is 10.8.